The van der Waals surface area contributed by atoms with Crippen molar-refractivity contribution in [3.8, 4) is 17.8 Å². The van der Waals surface area contributed by atoms with Crippen LogP contribution in [0.15, 0.2) is 33.3 Å². The average Bonchev–Trinajstić information content (AvgIpc) is 2.89. The number of benzene rings is 1. The fourth-order valence-electron chi connectivity index (χ4n) is 1.98. The van der Waals surface area contributed by atoms with E-state index in [0.29, 0.717) is 16.8 Å². The first kappa shape index (κ1) is 21.0. The molecule has 0 amide bonds. The number of halogens is 5. The maximum atomic E-state index is 12.8. The number of alkyl halides is 3. The molecule has 0 unspecified atom stereocenters. The lowest BCUT2D eigenvalue weighted by Crippen LogP contribution is -2.22. The second kappa shape index (κ2) is 7.76. The third-order valence-electron chi connectivity index (χ3n) is 3.36. The predicted octanol–water partition coefficient (Wildman–Crippen LogP) is 2.53. The average molecular weight is 430 g/mol. The Bertz CT molecular complexity index is 1120. The Morgan fingerprint density at radius 3 is 2.32 bits per heavy atom. The summed E-state index contributed by atoms with van der Waals surface area (Å²) in [4.78, 5) is 16.1. The highest BCUT2D eigenvalue weighted by Gasteiger charge is 2.32. The van der Waals surface area contributed by atoms with E-state index in [0.717, 1.165) is 10.8 Å². The molecule has 0 atom stereocenters. The van der Waals surface area contributed by atoms with Gasteiger partial charge in [-0.25, -0.2) is 9.79 Å². The van der Waals surface area contributed by atoms with Crippen LogP contribution < -0.4 is 11.4 Å². The fraction of sp³-hybridized carbons (Fsp3) is 0.133. The van der Waals surface area contributed by atoms with Crippen LogP contribution in [0, 0.1) is 22.7 Å². The zero-order valence-corrected chi connectivity index (χ0v) is 15.3. The SMILES string of the molecule is Cn1c(C=NC(C#N)=C(N)C#N)nn(-c2c(Cl)cc(C(F)(F)F)cc2Cl)c1=O. The van der Waals surface area contributed by atoms with E-state index in [2.05, 4.69) is 10.1 Å². The molecule has 0 aliphatic carbocycles. The molecule has 1 aromatic carbocycles. The molecule has 2 rings (SSSR count). The molecule has 28 heavy (non-hydrogen) atoms. The van der Waals surface area contributed by atoms with Crippen molar-refractivity contribution in [3.05, 3.63) is 55.4 Å². The van der Waals surface area contributed by atoms with Crippen LogP contribution in [0.5, 0.6) is 0 Å². The molecule has 0 saturated heterocycles. The van der Waals surface area contributed by atoms with Gasteiger partial charge in [-0.3, -0.25) is 4.57 Å². The summed E-state index contributed by atoms with van der Waals surface area (Å²) in [7, 11) is 1.29. The molecule has 0 spiro atoms. The van der Waals surface area contributed by atoms with Gasteiger partial charge >= 0.3 is 11.9 Å². The van der Waals surface area contributed by atoms with Crippen LogP contribution >= 0.6 is 23.2 Å². The molecule has 0 saturated carbocycles. The third-order valence-corrected chi connectivity index (χ3v) is 3.94. The van der Waals surface area contributed by atoms with Crippen LogP contribution in [-0.4, -0.2) is 20.6 Å². The number of aliphatic imine (C=N–C) groups is 1. The second-order valence-corrected chi connectivity index (χ2v) is 5.96. The highest BCUT2D eigenvalue weighted by molar-refractivity contribution is 6.37. The Hall–Kier alpha value is -3.28. The highest BCUT2D eigenvalue weighted by atomic mass is 35.5. The van der Waals surface area contributed by atoms with Crippen molar-refractivity contribution in [1.29, 1.82) is 10.5 Å². The smallest absolute Gasteiger partial charge is 0.388 e. The molecule has 0 aliphatic heterocycles. The number of aromatic nitrogens is 3. The van der Waals surface area contributed by atoms with Gasteiger partial charge in [0.2, 0.25) is 0 Å². The van der Waals surface area contributed by atoms with Crippen LogP contribution in [0.1, 0.15) is 11.4 Å². The molecule has 8 nitrogen and oxygen atoms in total. The number of nitriles is 2. The molecular formula is C15H8Cl2F3N7O. The molecule has 1 heterocycles. The second-order valence-electron chi connectivity index (χ2n) is 5.14. The summed E-state index contributed by atoms with van der Waals surface area (Å²) >= 11 is 11.8. The Morgan fingerprint density at radius 1 is 1.29 bits per heavy atom. The zero-order valence-electron chi connectivity index (χ0n) is 13.8. The van der Waals surface area contributed by atoms with Crippen molar-refractivity contribution in [2.45, 2.75) is 6.18 Å². The van der Waals surface area contributed by atoms with Crippen LogP contribution in [0.2, 0.25) is 10.0 Å². The van der Waals surface area contributed by atoms with Gasteiger partial charge in [-0.15, -0.1) is 5.10 Å². The van der Waals surface area contributed by atoms with E-state index in [9.17, 15) is 18.0 Å². The van der Waals surface area contributed by atoms with Gasteiger partial charge in [-0.1, -0.05) is 23.2 Å². The Balaban J connectivity index is 2.61. The van der Waals surface area contributed by atoms with E-state index in [-0.39, 0.29) is 11.5 Å². The molecule has 1 aromatic heterocycles. The molecule has 13 heteroatoms. The van der Waals surface area contributed by atoms with E-state index in [1.54, 1.807) is 12.1 Å². The standard InChI is InChI=1S/C15H8Cl2F3N7O/c1-26-12(6-24-11(5-22)10(23)4-21)25-27(14(26)28)13-8(16)2-7(3-9(13)17)15(18,19)20/h2-3,6H,23H2,1H3. The molecule has 2 N–H and O–H groups in total. The summed E-state index contributed by atoms with van der Waals surface area (Å²) in [5.74, 6) is -0.101. The maximum Gasteiger partial charge on any atom is 0.416 e. The van der Waals surface area contributed by atoms with Gasteiger partial charge in [0, 0.05) is 7.05 Å². The number of nitrogens with two attached hydrogens (primary N) is 1. The monoisotopic (exact) mass is 429 g/mol. The van der Waals surface area contributed by atoms with Crippen molar-refractivity contribution in [3.63, 3.8) is 0 Å². The molecule has 0 radical (unpaired) electrons. The first-order valence-corrected chi connectivity index (χ1v) is 7.83. The summed E-state index contributed by atoms with van der Waals surface area (Å²) < 4.78 is 40.2. The van der Waals surface area contributed by atoms with E-state index in [1.807, 2.05) is 0 Å². The Morgan fingerprint density at radius 2 is 1.86 bits per heavy atom. The van der Waals surface area contributed by atoms with Crippen molar-refractivity contribution < 1.29 is 13.2 Å². The van der Waals surface area contributed by atoms with Crippen molar-refractivity contribution in [2.24, 2.45) is 17.8 Å². The fourth-order valence-corrected chi connectivity index (χ4v) is 2.62. The summed E-state index contributed by atoms with van der Waals surface area (Å²) in [5.41, 5.74) is 2.31. The van der Waals surface area contributed by atoms with Gasteiger partial charge in [-0.05, 0) is 12.1 Å². The minimum Gasteiger partial charge on any atom is -0.388 e. The zero-order chi connectivity index (χ0) is 21.2. The number of hydrogen-bond acceptors (Lipinski definition) is 6. The number of hydrogen-bond donors (Lipinski definition) is 1. The van der Waals surface area contributed by atoms with E-state index in [4.69, 9.17) is 39.5 Å². The van der Waals surface area contributed by atoms with Gasteiger partial charge < -0.3 is 5.73 Å². The molecule has 0 aliphatic rings. The summed E-state index contributed by atoms with van der Waals surface area (Å²) in [6.45, 7) is 0. The molecule has 144 valence electrons. The van der Waals surface area contributed by atoms with Crippen LogP contribution in [0.3, 0.4) is 0 Å². The van der Waals surface area contributed by atoms with Crippen LogP contribution in [0.25, 0.3) is 5.69 Å². The normalized spacial score (nSPS) is 12.6. The Labute approximate surface area is 165 Å². The van der Waals surface area contributed by atoms with E-state index >= 15 is 0 Å². The lowest BCUT2D eigenvalue weighted by molar-refractivity contribution is -0.137. The summed E-state index contributed by atoms with van der Waals surface area (Å²) in [5, 5.41) is 20.6. The van der Waals surface area contributed by atoms with Crippen molar-refractivity contribution >= 4 is 29.4 Å². The van der Waals surface area contributed by atoms with Gasteiger partial charge in [-0.2, -0.15) is 28.4 Å². The first-order valence-electron chi connectivity index (χ1n) is 7.08. The van der Waals surface area contributed by atoms with E-state index < -0.39 is 38.9 Å². The van der Waals surface area contributed by atoms with Crippen LogP contribution in [0.4, 0.5) is 13.2 Å². The minimum absolute atomic E-state index is 0.101. The lowest BCUT2D eigenvalue weighted by atomic mass is 10.2. The van der Waals surface area contributed by atoms with E-state index in [1.165, 1.54) is 7.05 Å². The van der Waals surface area contributed by atoms with Crippen molar-refractivity contribution in [1.82, 2.24) is 14.3 Å². The first-order chi connectivity index (χ1) is 13.0. The third kappa shape index (κ3) is 4.01. The van der Waals surface area contributed by atoms with Gasteiger partial charge in [0.1, 0.15) is 23.5 Å². The highest BCUT2D eigenvalue weighted by Crippen LogP contribution is 2.36. The topological polar surface area (TPSA) is 126 Å². The van der Waals surface area contributed by atoms with Crippen molar-refractivity contribution in [2.75, 3.05) is 0 Å². The summed E-state index contributed by atoms with van der Waals surface area (Å²) in [6, 6.07) is 4.37. The minimum atomic E-state index is -4.68. The van der Waals surface area contributed by atoms with Crippen LogP contribution in [-0.2, 0) is 13.2 Å². The number of allylic oxidation sites excluding steroid dienone is 2. The molecule has 0 fully saturated rings. The molecule has 2 aromatic rings. The predicted molar refractivity (Wildman–Crippen MR) is 93.9 cm³/mol. The number of rotatable bonds is 3. The molecule has 0 bridgehead atoms. The molecular weight excluding hydrogens is 422 g/mol. The quantitative estimate of drug-likeness (QED) is 0.592. The Kier molecular flexibility index (Phi) is 5.83. The van der Waals surface area contributed by atoms with Gasteiger partial charge in [0.25, 0.3) is 0 Å². The van der Waals surface area contributed by atoms with Gasteiger partial charge in [0.15, 0.2) is 11.5 Å². The number of nitrogens with zero attached hydrogens (tertiary/aromatic N) is 6. The largest absolute Gasteiger partial charge is 0.416 e. The summed E-state index contributed by atoms with van der Waals surface area (Å²) in [6.07, 6.45) is -3.70. The van der Waals surface area contributed by atoms with Gasteiger partial charge in [0.05, 0.1) is 21.8 Å². The maximum absolute atomic E-state index is 12.8. The lowest BCUT2D eigenvalue weighted by Gasteiger charge is -2.11.